The van der Waals surface area contributed by atoms with Crippen molar-refractivity contribution in [3.8, 4) is 0 Å². The number of aliphatic hydroxyl groups excluding tert-OH is 1. The fourth-order valence-corrected chi connectivity index (χ4v) is 3.56. The van der Waals surface area contributed by atoms with Crippen molar-refractivity contribution < 1.29 is 39.3 Å². The van der Waals surface area contributed by atoms with E-state index in [4.69, 9.17) is 10.8 Å². The Bertz CT molecular complexity index is 878. The summed E-state index contributed by atoms with van der Waals surface area (Å²) in [5.74, 6) is -4.90. The number of rotatable bonds is 11. The lowest BCUT2D eigenvalue weighted by Gasteiger charge is -2.28. The molecule has 1 fully saturated rings. The van der Waals surface area contributed by atoms with Crippen LogP contribution in [-0.2, 0) is 30.4 Å². The number of nitrogens with zero attached hydrogens (tertiary/aromatic N) is 1. The Morgan fingerprint density at radius 3 is 2.24 bits per heavy atom. The number of nitrogens with one attached hydrogen (secondary N) is 2. The zero-order valence-electron chi connectivity index (χ0n) is 17.8. The van der Waals surface area contributed by atoms with Gasteiger partial charge in [-0.25, -0.2) is 4.79 Å². The van der Waals surface area contributed by atoms with Crippen LogP contribution in [0.3, 0.4) is 0 Å². The van der Waals surface area contributed by atoms with Gasteiger partial charge in [-0.3, -0.25) is 19.2 Å². The highest BCUT2D eigenvalue weighted by Crippen LogP contribution is 2.19. The molecular formula is C21H28N4O8. The molecule has 0 spiro atoms. The highest BCUT2D eigenvalue weighted by atomic mass is 16.4. The van der Waals surface area contributed by atoms with Gasteiger partial charge in [0.15, 0.2) is 0 Å². The van der Waals surface area contributed by atoms with Gasteiger partial charge in [-0.2, -0.15) is 0 Å². The highest BCUT2D eigenvalue weighted by Gasteiger charge is 2.38. The van der Waals surface area contributed by atoms with E-state index in [0.29, 0.717) is 18.4 Å². The molecule has 1 heterocycles. The van der Waals surface area contributed by atoms with Crippen molar-refractivity contribution in [2.45, 2.75) is 49.9 Å². The van der Waals surface area contributed by atoms with E-state index in [0.717, 1.165) is 0 Å². The molecule has 12 nitrogen and oxygen atoms in total. The average Bonchev–Trinajstić information content (AvgIpc) is 3.26. The number of carboxylic acids is 2. The van der Waals surface area contributed by atoms with Gasteiger partial charge in [-0.1, -0.05) is 30.3 Å². The smallest absolute Gasteiger partial charge is 0.326 e. The second-order valence-corrected chi connectivity index (χ2v) is 7.73. The van der Waals surface area contributed by atoms with E-state index < -0.39 is 66.9 Å². The zero-order chi connectivity index (χ0) is 24.5. The highest BCUT2D eigenvalue weighted by molar-refractivity contribution is 5.95. The Morgan fingerprint density at radius 1 is 1.03 bits per heavy atom. The molecule has 2 rings (SSSR count). The number of carbonyl (C=O) groups is 5. The van der Waals surface area contributed by atoms with Crippen LogP contribution in [0.1, 0.15) is 24.8 Å². The van der Waals surface area contributed by atoms with Crippen molar-refractivity contribution in [2.24, 2.45) is 5.73 Å². The molecule has 12 heteroatoms. The van der Waals surface area contributed by atoms with Crippen LogP contribution in [0.4, 0.5) is 0 Å². The van der Waals surface area contributed by atoms with Crippen molar-refractivity contribution in [3.05, 3.63) is 35.9 Å². The Kier molecular flexibility index (Phi) is 9.30. The van der Waals surface area contributed by atoms with Crippen LogP contribution in [-0.4, -0.2) is 87.2 Å². The Labute approximate surface area is 189 Å². The Balaban J connectivity index is 2.17. The fraction of sp³-hybridized carbons (Fsp3) is 0.476. The van der Waals surface area contributed by atoms with Crippen LogP contribution in [0.5, 0.6) is 0 Å². The van der Waals surface area contributed by atoms with Crippen LogP contribution in [0.2, 0.25) is 0 Å². The lowest BCUT2D eigenvalue weighted by atomic mass is 10.0. The summed E-state index contributed by atoms with van der Waals surface area (Å²) in [5.41, 5.74) is 6.18. The fourth-order valence-electron chi connectivity index (χ4n) is 3.56. The second-order valence-electron chi connectivity index (χ2n) is 7.73. The van der Waals surface area contributed by atoms with E-state index in [1.165, 1.54) is 4.90 Å². The second kappa shape index (κ2) is 11.9. The van der Waals surface area contributed by atoms with Crippen LogP contribution >= 0.6 is 0 Å². The number of hydrogen-bond donors (Lipinski definition) is 6. The molecular weight excluding hydrogens is 436 g/mol. The summed E-state index contributed by atoms with van der Waals surface area (Å²) in [6.07, 6.45) is 0.181. The number of hydrogen-bond acceptors (Lipinski definition) is 7. The SMILES string of the molecule is NC(CC(=O)O)C(=O)NC(CO)C(=O)NC(Cc1ccccc1)C(=O)N1CCCC1C(=O)O. The predicted octanol–water partition coefficient (Wildman–Crippen LogP) is -1.93. The van der Waals surface area contributed by atoms with E-state index in [1.54, 1.807) is 30.3 Å². The molecule has 3 amide bonds. The molecule has 0 radical (unpaired) electrons. The van der Waals surface area contributed by atoms with E-state index in [-0.39, 0.29) is 13.0 Å². The molecule has 0 aromatic heterocycles. The first-order valence-corrected chi connectivity index (χ1v) is 10.4. The van der Waals surface area contributed by atoms with Crippen molar-refractivity contribution in [1.29, 1.82) is 0 Å². The quantitative estimate of drug-likeness (QED) is 0.216. The van der Waals surface area contributed by atoms with Crippen LogP contribution < -0.4 is 16.4 Å². The maximum absolute atomic E-state index is 13.2. The van der Waals surface area contributed by atoms with Gasteiger partial charge < -0.3 is 36.6 Å². The third-order valence-electron chi connectivity index (χ3n) is 5.27. The standard InChI is InChI=1S/C21H28N4O8/c22-13(10-17(27)28)18(29)24-15(11-26)19(30)23-14(9-12-5-2-1-3-6-12)20(31)25-8-4-7-16(25)21(32)33/h1-3,5-6,13-16,26H,4,7-11,22H2,(H,23,30)(H,24,29)(H,27,28)(H,32,33). The molecule has 0 saturated carbocycles. The number of benzene rings is 1. The minimum Gasteiger partial charge on any atom is -0.481 e. The molecule has 1 aromatic carbocycles. The number of aliphatic hydroxyl groups is 1. The third kappa shape index (κ3) is 7.26. The summed E-state index contributed by atoms with van der Waals surface area (Å²) in [6, 6.07) is 3.66. The number of likely N-dealkylation sites (tertiary alicyclic amines) is 1. The minimum atomic E-state index is -1.49. The summed E-state index contributed by atoms with van der Waals surface area (Å²) < 4.78 is 0. The lowest BCUT2D eigenvalue weighted by molar-refractivity contribution is -0.149. The first-order chi connectivity index (χ1) is 15.6. The zero-order valence-corrected chi connectivity index (χ0v) is 17.8. The molecule has 1 saturated heterocycles. The number of nitrogens with two attached hydrogens (primary N) is 1. The molecule has 0 aliphatic carbocycles. The first kappa shape index (κ1) is 25.7. The molecule has 1 aliphatic rings. The number of aliphatic carboxylic acids is 2. The van der Waals surface area contributed by atoms with Gasteiger partial charge in [0.25, 0.3) is 0 Å². The summed E-state index contributed by atoms with van der Waals surface area (Å²) in [4.78, 5) is 61.4. The summed E-state index contributed by atoms with van der Waals surface area (Å²) in [5, 5.41) is 32.4. The first-order valence-electron chi connectivity index (χ1n) is 10.4. The van der Waals surface area contributed by atoms with Gasteiger partial charge in [0.1, 0.15) is 18.1 Å². The summed E-state index contributed by atoms with van der Waals surface area (Å²) in [7, 11) is 0. The third-order valence-corrected chi connectivity index (χ3v) is 5.27. The van der Waals surface area contributed by atoms with Crippen molar-refractivity contribution >= 4 is 29.7 Å². The summed E-state index contributed by atoms with van der Waals surface area (Å²) in [6.45, 7) is -0.605. The van der Waals surface area contributed by atoms with E-state index >= 15 is 0 Å². The predicted molar refractivity (Wildman–Crippen MR) is 114 cm³/mol. The Hall–Kier alpha value is -3.51. The van der Waals surface area contributed by atoms with E-state index in [1.807, 2.05) is 0 Å². The minimum absolute atomic E-state index is 0.0544. The molecule has 7 N–H and O–H groups in total. The molecule has 33 heavy (non-hydrogen) atoms. The normalized spacial score (nSPS) is 18.1. The average molecular weight is 464 g/mol. The number of carboxylic acid groups (broad SMARTS) is 2. The maximum Gasteiger partial charge on any atom is 0.326 e. The topological polar surface area (TPSA) is 199 Å². The van der Waals surface area contributed by atoms with Gasteiger partial charge in [0, 0.05) is 13.0 Å². The van der Waals surface area contributed by atoms with Crippen molar-refractivity contribution in [1.82, 2.24) is 15.5 Å². The van der Waals surface area contributed by atoms with E-state index in [2.05, 4.69) is 10.6 Å². The lowest BCUT2D eigenvalue weighted by Crippen LogP contribution is -2.58. The van der Waals surface area contributed by atoms with Gasteiger partial charge in [0.05, 0.1) is 19.1 Å². The molecule has 0 bridgehead atoms. The maximum atomic E-state index is 13.2. The van der Waals surface area contributed by atoms with Gasteiger partial charge in [0.2, 0.25) is 17.7 Å². The van der Waals surface area contributed by atoms with Crippen molar-refractivity contribution in [3.63, 3.8) is 0 Å². The monoisotopic (exact) mass is 464 g/mol. The molecule has 4 unspecified atom stereocenters. The summed E-state index contributed by atoms with van der Waals surface area (Å²) >= 11 is 0. The van der Waals surface area contributed by atoms with Crippen molar-refractivity contribution in [2.75, 3.05) is 13.2 Å². The van der Waals surface area contributed by atoms with Crippen LogP contribution in [0.25, 0.3) is 0 Å². The molecule has 4 atom stereocenters. The van der Waals surface area contributed by atoms with Gasteiger partial charge >= 0.3 is 11.9 Å². The van der Waals surface area contributed by atoms with E-state index in [9.17, 15) is 34.2 Å². The van der Waals surface area contributed by atoms with Crippen LogP contribution in [0, 0.1) is 0 Å². The number of amides is 3. The number of carbonyl (C=O) groups excluding carboxylic acids is 3. The largest absolute Gasteiger partial charge is 0.481 e. The molecule has 1 aromatic rings. The van der Waals surface area contributed by atoms with Gasteiger partial charge in [-0.05, 0) is 18.4 Å². The van der Waals surface area contributed by atoms with Crippen LogP contribution in [0.15, 0.2) is 30.3 Å². The molecule has 180 valence electrons. The molecule has 1 aliphatic heterocycles. The Morgan fingerprint density at radius 2 is 1.67 bits per heavy atom. The van der Waals surface area contributed by atoms with Gasteiger partial charge in [-0.15, -0.1) is 0 Å².